The van der Waals surface area contributed by atoms with Crippen molar-refractivity contribution in [3.8, 4) is 5.75 Å². The Kier molecular flexibility index (Phi) is 4.65. The van der Waals surface area contributed by atoms with Crippen LogP contribution in [0, 0.1) is 0 Å². The normalized spacial score (nSPS) is 18.8. The fourth-order valence-electron chi connectivity index (χ4n) is 2.57. The van der Waals surface area contributed by atoms with E-state index in [1.54, 1.807) is 18.2 Å². The fourth-order valence-corrected chi connectivity index (χ4v) is 4.67. The topological polar surface area (TPSA) is 58.6 Å². The summed E-state index contributed by atoms with van der Waals surface area (Å²) in [5.74, 6) is 0.339. The highest BCUT2D eigenvalue weighted by atomic mass is 79.9. The average molecular weight is 391 g/mol. The maximum Gasteiger partial charge on any atom is 0.244 e. The zero-order valence-electron chi connectivity index (χ0n) is 13.6. The van der Waals surface area contributed by atoms with E-state index in [0.29, 0.717) is 23.3 Å². The summed E-state index contributed by atoms with van der Waals surface area (Å²) in [4.78, 5) is 2.40. The molecule has 1 heterocycles. The molecule has 1 aromatic rings. The van der Waals surface area contributed by atoms with E-state index in [1.807, 2.05) is 6.92 Å². The number of hydrogen-bond acceptors (Lipinski definition) is 4. The maximum atomic E-state index is 12.7. The standard InChI is InChI=1S/C15H23BrN2O3S/c1-14(2,3)18-9-15(4,10-18)17-22(19,20)13-8-11(16)6-7-12(13)21-5/h6-8,17H,9-10H2,1-5H3. The second kappa shape index (κ2) is 5.78. The predicted octanol–water partition coefficient (Wildman–Crippen LogP) is 2.61. The molecule has 0 amide bonds. The van der Waals surface area contributed by atoms with E-state index in [1.165, 1.54) is 7.11 Å². The van der Waals surface area contributed by atoms with Crippen molar-refractivity contribution < 1.29 is 13.2 Å². The zero-order valence-corrected chi connectivity index (χ0v) is 16.0. The molecule has 0 saturated carbocycles. The molecule has 0 aliphatic carbocycles. The molecule has 22 heavy (non-hydrogen) atoms. The lowest BCUT2D eigenvalue weighted by atomic mass is 9.88. The van der Waals surface area contributed by atoms with Crippen LogP contribution in [0.15, 0.2) is 27.6 Å². The molecule has 2 rings (SSSR count). The van der Waals surface area contributed by atoms with Gasteiger partial charge in [0, 0.05) is 23.1 Å². The molecule has 7 heteroatoms. The van der Waals surface area contributed by atoms with Gasteiger partial charge < -0.3 is 4.74 Å². The summed E-state index contributed by atoms with van der Waals surface area (Å²) in [5, 5.41) is 0. The van der Waals surface area contributed by atoms with E-state index < -0.39 is 15.6 Å². The molecule has 0 aromatic heterocycles. The number of likely N-dealkylation sites (tertiary alicyclic amines) is 1. The van der Waals surface area contributed by atoms with Gasteiger partial charge in [-0.05, 0) is 45.9 Å². The summed E-state index contributed by atoms with van der Waals surface area (Å²) in [6.45, 7) is 9.67. The highest BCUT2D eigenvalue weighted by molar-refractivity contribution is 9.10. The Bertz CT molecular complexity index is 662. The minimum atomic E-state index is -3.64. The van der Waals surface area contributed by atoms with Crippen LogP contribution in [-0.4, -0.2) is 44.6 Å². The largest absolute Gasteiger partial charge is 0.495 e. The lowest BCUT2D eigenvalue weighted by Gasteiger charge is -2.54. The molecular weight excluding hydrogens is 368 g/mol. The van der Waals surface area contributed by atoms with Crippen LogP contribution in [0.5, 0.6) is 5.75 Å². The summed E-state index contributed by atoms with van der Waals surface area (Å²) in [6, 6.07) is 4.96. The van der Waals surface area contributed by atoms with Gasteiger partial charge in [-0.2, -0.15) is 0 Å². The second-order valence-electron chi connectivity index (χ2n) is 6.99. The van der Waals surface area contributed by atoms with Crippen LogP contribution in [-0.2, 0) is 10.0 Å². The highest BCUT2D eigenvalue weighted by Crippen LogP contribution is 2.32. The van der Waals surface area contributed by atoms with Gasteiger partial charge in [0.2, 0.25) is 10.0 Å². The first kappa shape index (κ1) is 17.7. The zero-order chi connectivity index (χ0) is 16.8. The van der Waals surface area contributed by atoms with Gasteiger partial charge in [-0.15, -0.1) is 0 Å². The Hall–Kier alpha value is -0.630. The summed E-state index contributed by atoms with van der Waals surface area (Å²) >= 11 is 3.31. The number of nitrogens with zero attached hydrogens (tertiary/aromatic N) is 1. The molecule has 5 nitrogen and oxygen atoms in total. The van der Waals surface area contributed by atoms with Crippen molar-refractivity contribution in [1.82, 2.24) is 9.62 Å². The van der Waals surface area contributed by atoms with Crippen molar-refractivity contribution in [1.29, 1.82) is 0 Å². The number of ether oxygens (including phenoxy) is 1. The van der Waals surface area contributed by atoms with Gasteiger partial charge in [0.15, 0.2) is 0 Å². The van der Waals surface area contributed by atoms with E-state index in [0.717, 1.165) is 0 Å². The van der Waals surface area contributed by atoms with Crippen LogP contribution in [0.2, 0.25) is 0 Å². The van der Waals surface area contributed by atoms with Gasteiger partial charge in [-0.1, -0.05) is 15.9 Å². The first-order valence-corrected chi connectivity index (χ1v) is 9.37. The first-order valence-electron chi connectivity index (χ1n) is 7.09. The Labute approximate surface area is 141 Å². The molecule has 124 valence electrons. The molecule has 0 radical (unpaired) electrons. The number of rotatable bonds is 4. The van der Waals surface area contributed by atoms with Crippen LogP contribution < -0.4 is 9.46 Å². The van der Waals surface area contributed by atoms with Crippen molar-refractivity contribution in [3.05, 3.63) is 22.7 Å². The van der Waals surface area contributed by atoms with E-state index in [-0.39, 0.29) is 10.4 Å². The number of benzene rings is 1. The quantitative estimate of drug-likeness (QED) is 0.857. The molecule has 1 saturated heterocycles. The molecular formula is C15H23BrN2O3S. The molecule has 0 bridgehead atoms. The van der Waals surface area contributed by atoms with Gasteiger partial charge >= 0.3 is 0 Å². The second-order valence-corrected chi connectivity index (χ2v) is 9.55. The van der Waals surface area contributed by atoms with Gasteiger partial charge in [0.25, 0.3) is 0 Å². The molecule has 0 atom stereocenters. The minimum Gasteiger partial charge on any atom is -0.495 e. The molecule has 0 spiro atoms. The van der Waals surface area contributed by atoms with Gasteiger partial charge in [0.05, 0.1) is 12.6 Å². The lowest BCUT2D eigenvalue weighted by Crippen LogP contribution is -2.72. The smallest absolute Gasteiger partial charge is 0.244 e. The maximum absolute atomic E-state index is 12.7. The Morgan fingerprint density at radius 3 is 2.41 bits per heavy atom. The summed E-state index contributed by atoms with van der Waals surface area (Å²) in [5.41, 5.74) is -0.419. The number of methoxy groups -OCH3 is 1. The van der Waals surface area contributed by atoms with E-state index in [4.69, 9.17) is 4.74 Å². The molecule has 1 aliphatic rings. The third kappa shape index (κ3) is 3.64. The lowest BCUT2D eigenvalue weighted by molar-refractivity contribution is -0.00474. The summed E-state index contributed by atoms with van der Waals surface area (Å²) < 4.78 is 34.1. The SMILES string of the molecule is COc1ccc(Br)cc1S(=O)(=O)NC1(C)CN(C(C)(C)C)C1. The number of sulfonamides is 1. The van der Waals surface area contributed by atoms with Crippen LogP contribution in [0.1, 0.15) is 27.7 Å². The van der Waals surface area contributed by atoms with Crippen molar-refractivity contribution >= 4 is 26.0 Å². The number of halogens is 1. The molecule has 1 N–H and O–H groups in total. The average Bonchev–Trinajstić information content (AvgIpc) is 2.34. The monoisotopic (exact) mass is 390 g/mol. The molecule has 0 unspecified atom stereocenters. The van der Waals surface area contributed by atoms with Crippen molar-refractivity contribution in [3.63, 3.8) is 0 Å². The third-order valence-electron chi connectivity index (χ3n) is 3.82. The summed E-state index contributed by atoms with van der Waals surface area (Å²) in [6.07, 6.45) is 0. The fraction of sp³-hybridized carbons (Fsp3) is 0.600. The Morgan fingerprint density at radius 2 is 1.91 bits per heavy atom. The molecule has 1 fully saturated rings. The Balaban J connectivity index is 2.21. The van der Waals surface area contributed by atoms with E-state index in [2.05, 4.69) is 46.3 Å². The van der Waals surface area contributed by atoms with Crippen LogP contribution in [0.25, 0.3) is 0 Å². The van der Waals surface area contributed by atoms with Crippen LogP contribution >= 0.6 is 15.9 Å². The van der Waals surface area contributed by atoms with Crippen molar-refractivity contribution in [2.24, 2.45) is 0 Å². The first-order chi connectivity index (χ1) is 9.97. The van der Waals surface area contributed by atoms with Crippen LogP contribution in [0.3, 0.4) is 0 Å². The number of nitrogens with one attached hydrogen (secondary N) is 1. The predicted molar refractivity (Wildman–Crippen MR) is 90.7 cm³/mol. The van der Waals surface area contributed by atoms with Crippen molar-refractivity contribution in [2.45, 2.75) is 43.7 Å². The van der Waals surface area contributed by atoms with Gasteiger partial charge in [-0.25, -0.2) is 13.1 Å². The number of hydrogen-bond donors (Lipinski definition) is 1. The molecule has 1 aromatic carbocycles. The van der Waals surface area contributed by atoms with Crippen molar-refractivity contribution in [2.75, 3.05) is 20.2 Å². The van der Waals surface area contributed by atoms with Gasteiger partial charge in [0.1, 0.15) is 10.6 Å². The van der Waals surface area contributed by atoms with E-state index >= 15 is 0 Å². The Morgan fingerprint density at radius 1 is 1.32 bits per heavy atom. The highest BCUT2D eigenvalue weighted by Gasteiger charge is 2.46. The third-order valence-corrected chi connectivity index (χ3v) is 5.98. The van der Waals surface area contributed by atoms with Gasteiger partial charge in [-0.3, -0.25) is 4.90 Å². The molecule has 1 aliphatic heterocycles. The van der Waals surface area contributed by atoms with Crippen LogP contribution in [0.4, 0.5) is 0 Å². The minimum absolute atomic E-state index is 0.0401. The van der Waals surface area contributed by atoms with E-state index in [9.17, 15) is 8.42 Å². The summed E-state index contributed by atoms with van der Waals surface area (Å²) in [7, 11) is -2.18.